The van der Waals surface area contributed by atoms with Crippen LogP contribution < -0.4 is 11.1 Å². The first kappa shape index (κ1) is 14.5. The number of fused-ring (bicyclic) bond motifs is 1. The molecule has 3 atom stereocenters. The molecule has 2 aliphatic rings. The van der Waals surface area contributed by atoms with Crippen molar-refractivity contribution in [3.63, 3.8) is 0 Å². The highest BCUT2D eigenvalue weighted by molar-refractivity contribution is 5.92. The number of nitrogens with zero attached hydrogens (tertiary/aromatic N) is 1. The van der Waals surface area contributed by atoms with Gasteiger partial charge in [-0.05, 0) is 49.3 Å². The van der Waals surface area contributed by atoms with Crippen LogP contribution >= 0.6 is 0 Å². The van der Waals surface area contributed by atoms with Crippen molar-refractivity contribution < 1.29 is 9.18 Å². The largest absolute Gasteiger partial charge is 0.327 e. The lowest BCUT2D eigenvalue weighted by Crippen LogP contribution is -2.34. The van der Waals surface area contributed by atoms with Gasteiger partial charge in [0.25, 0.3) is 0 Å². The maximum absolute atomic E-state index is 13.5. The first-order chi connectivity index (χ1) is 10.0. The van der Waals surface area contributed by atoms with Gasteiger partial charge in [0.05, 0.1) is 6.54 Å². The van der Waals surface area contributed by atoms with Crippen molar-refractivity contribution >= 4 is 11.6 Å². The molecule has 2 fully saturated rings. The minimum absolute atomic E-state index is 0.0909. The maximum atomic E-state index is 13.5. The SMILES string of the molecule is Cc1ccc(NC(=O)CN2CC3CCC(N)C3C2)cc1F. The molecular formula is C16H22FN3O. The second-order valence-corrected chi connectivity index (χ2v) is 6.37. The highest BCUT2D eigenvalue weighted by Gasteiger charge is 2.41. The summed E-state index contributed by atoms with van der Waals surface area (Å²) < 4.78 is 13.5. The summed E-state index contributed by atoms with van der Waals surface area (Å²) in [6.07, 6.45) is 2.28. The third-order valence-electron chi connectivity index (χ3n) is 4.81. The van der Waals surface area contributed by atoms with E-state index in [1.807, 2.05) is 0 Å². The van der Waals surface area contributed by atoms with Crippen molar-refractivity contribution in [2.75, 3.05) is 25.0 Å². The molecule has 3 rings (SSSR count). The Morgan fingerprint density at radius 2 is 2.24 bits per heavy atom. The van der Waals surface area contributed by atoms with Gasteiger partial charge in [0.1, 0.15) is 5.82 Å². The number of amides is 1. The van der Waals surface area contributed by atoms with Gasteiger partial charge in [-0.15, -0.1) is 0 Å². The number of nitrogens with one attached hydrogen (secondary N) is 1. The molecule has 4 nitrogen and oxygen atoms in total. The molecule has 3 N–H and O–H groups in total. The molecule has 114 valence electrons. The highest BCUT2D eigenvalue weighted by atomic mass is 19.1. The molecule has 0 aromatic heterocycles. The molecule has 1 saturated heterocycles. The van der Waals surface area contributed by atoms with E-state index in [-0.39, 0.29) is 17.8 Å². The van der Waals surface area contributed by atoms with Gasteiger partial charge < -0.3 is 11.1 Å². The fourth-order valence-electron chi connectivity index (χ4n) is 3.60. The molecule has 1 saturated carbocycles. The highest BCUT2D eigenvalue weighted by Crippen LogP contribution is 2.36. The van der Waals surface area contributed by atoms with Crippen LogP contribution in [0.4, 0.5) is 10.1 Å². The Hall–Kier alpha value is -1.46. The summed E-state index contributed by atoms with van der Waals surface area (Å²) >= 11 is 0. The molecule has 0 bridgehead atoms. The van der Waals surface area contributed by atoms with E-state index in [1.54, 1.807) is 19.1 Å². The van der Waals surface area contributed by atoms with E-state index in [4.69, 9.17) is 5.73 Å². The van der Waals surface area contributed by atoms with Crippen molar-refractivity contribution in [3.8, 4) is 0 Å². The van der Waals surface area contributed by atoms with Gasteiger partial charge in [-0.25, -0.2) is 4.39 Å². The fraction of sp³-hybridized carbons (Fsp3) is 0.562. The number of aryl methyl sites for hydroxylation is 1. The van der Waals surface area contributed by atoms with Gasteiger partial charge in [-0.2, -0.15) is 0 Å². The van der Waals surface area contributed by atoms with Gasteiger partial charge in [-0.1, -0.05) is 6.07 Å². The second kappa shape index (κ2) is 5.73. The maximum Gasteiger partial charge on any atom is 0.238 e. The molecule has 0 spiro atoms. The Bertz CT molecular complexity index is 548. The zero-order chi connectivity index (χ0) is 15.0. The van der Waals surface area contributed by atoms with E-state index in [0.717, 1.165) is 19.5 Å². The smallest absolute Gasteiger partial charge is 0.238 e. The minimum atomic E-state index is -0.297. The number of benzene rings is 1. The van der Waals surface area contributed by atoms with Gasteiger partial charge in [-0.3, -0.25) is 9.69 Å². The van der Waals surface area contributed by atoms with Gasteiger partial charge in [0, 0.05) is 24.8 Å². The monoisotopic (exact) mass is 291 g/mol. The van der Waals surface area contributed by atoms with E-state index in [1.165, 1.54) is 12.5 Å². The van der Waals surface area contributed by atoms with Crippen LogP contribution in [0.3, 0.4) is 0 Å². The zero-order valence-corrected chi connectivity index (χ0v) is 12.3. The number of hydrogen-bond acceptors (Lipinski definition) is 3. The lowest BCUT2D eigenvalue weighted by atomic mass is 9.98. The molecule has 21 heavy (non-hydrogen) atoms. The van der Waals surface area contributed by atoms with Crippen molar-refractivity contribution in [2.45, 2.75) is 25.8 Å². The predicted molar refractivity (Wildman–Crippen MR) is 80.4 cm³/mol. The average Bonchev–Trinajstić information content (AvgIpc) is 2.96. The minimum Gasteiger partial charge on any atom is -0.327 e. The van der Waals surface area contributed by atoms with Crippen molar-refractivity contribution in [3.05, 3.63) is 29.6 Å². The summed E-state index contributed by atoms with van der Waals surface area (Å²) in [7, 11) is 0. The molecule has 1 heterocycles. The molecule has 0 radical (unpaired) electrons. The normalized spacial score (nSPS) is 28.6. The zero-order valence-electron chi connectivity index (χ0n) is 12.3. The molecule has 1 aromatic rings. The van der Waals surface area contributed by atoms with Crippen LogP contribution in [0, 0.1) is 24.6 Å². The Kier molecular flexibility index (Phi) is 3.95. The predicted octanol–water partition coefficient (Wildman–Crippen LogP) is 1.74. The summed E-state index contributed by atoms with van der Waals surface area (Å²) in [5, 5.41) is 2.76. The lowest BCUT2D eigenvalue weighted by Gasteiger charge is -2.18. The van der Waals surface area contributed by atoms with Crippen LogP contribution in [0.5, 0.6) is 0 Å². The molecular weight excluding hydrogens is 269 g/mol. The summed E-state index contributed by atoms with van der Waals surface area (Å²) in [6, 6.07) is 5.05. The van der Waals surface area contributed by atoms with Gasteiger partial charge >= 0.3 is 0 Å². The number of nitrogens with two attached hydrogens (primary N) is 1. The first-order valence-electron chi connectivity index (χ1n) is 7.57. The van der Waals surface area contributed by atoms with Crippen LogP contribution in [-0.2, 0) is 4.79 Å². The summed E-state index contributed by atoms with van der Waals surface area (Å²) in [5.41, 5.74) is 7.19. The Morgan fingerprint density at radius 1 is 1.43 bits per heavy atom. The lowest BCUT2D eigenvalue weighted by molar-refractivity contribution is -0.117. The number of carbonyl (C=O) groups is 1. The third-order valence-corrected chi connectivity index (χ3v) is 4.81. The average molecular weight is 291 g/mol. The Balaban J connectivity index is 1.54. The molecule has 1 aliphatic carbocycles. The van der Waals surface area contributed by atoms with Crippen LogP contribution in [0.2, 0.25) is 0 Å². The second-order valence-electron chi connectivity index (χ2n) is 6.37. The standard InChI is InChI=1S/C16H22FN3O/c1-10-2-4-12(6-14(10)17)19-16(21)9-20-7-11-3-5-15(18)13(11)8-20/h2,4,6,11,13,15H,3,5,7-9,18H2,1H3,(H,19,21). The first-order valence-corrected chi connectivity index (χ1v) is 7.57. The topological polar surface area (TPSA) is 58.4 Å². The van der Waals surface area contributed by atoms with Gasteiger partial charge in [0.2, 0.25) is 5.91 Å². The molecule has 1 aromatic carbocycles. The third kappa shape index (κ3) is 3.09. The van der Waals surface area contributed by atoms with Crippen LogP contribution in [0.15, 0.2) is 18.2 Å². The molecule has 5 heteroatoms. The Morgan fingerprint density at radius 3 is 2.95 bits per heavy atom. The quantitative estimate of drug-likeness (QED) is 0.892. The summed E-state index contributed by atoms with van der Waals surface area (Å²) in [6.45, 7) is 3.91. The van der Waals surface area contributed by atoms with Crippen LogP contribution in [0.1, 0.15) is 18.4 Å². The molecule has 1 aliphatic heterocycles. The van der Waals surface area contributed by atoms with Crippen molar-refractivity contribution in [2.24, 2.45) is 17.6 Å². The van der Waals surface area contributed by atoms with Crippen LogP contribution in [-0.4, -0.2) is 36.5 Å². The number of rotatable bonds is 3. The summed E-state index contributed by atoms with van der Waals surface area (Å²) in [5.74, 6) is 0.792. The van der Waals surface area contributed by atoms with Crippen LogP contribution in [0.25, 0.3) is 0 Å². The summed E-state index contributed by atoms with van der Waals surface area (Å²) in [4.78, 5) is 14.2. The number of hydrogen-bond donors (Lipinski definition) is 2. The molecule has 1 amide bonds. The fourth-order valence-corrected chi connectivity index (χ4v) is 3.60. The number of carbonyl (C=O) groups excluding carboxylic acids is 1. The van der Waals surface area contributed by atoms with Crippen molar-refractivity contribution in [1.82, 2.24) is 4.90 Å². The van der Waals surface area contributed by atoms with Crippen molar-refractivity contribution in [1.29, 1.82) is 0 Å². The number of halogens is 1. The number of anilines is 1. The van der Waals surface area contributed by atoms with E-state index in [0.29, 0.717) is 29.6 Å². The van der Waals surface area contributed by atoms with Gasteiger partial charge in [0.15, 0.2) is 0 Å². The number of likely N-dealkylation sites (tertiary alicyclic amines) is 1. The Labute approximate surface area is 124 Å². The molecule has 3 unspecified atom stereocenters. The van der Waals surface area contributed by atoms with E-state index in [2.05, 4.69) is 10.2 Å². The van der Waals surface area contributed by atoms with E-state index >= 15 is 0 Å². The van der Waals surface area contributed by atoms with E-state index < -0.39 is 0 Å². The van der Waals surface area contributed by atoms with E-state index in [9.17, 15) is 9.18 Å².